The molecule has 0 fully saturated rings. The number of hydroxylamine groups is 1. The summed E-state index contributed by atoms with van der Waals surface area (Å²) in [6, 6.07) is 10.3. The minimum absolute atomic E-state index is 0.147. The number of carbonyl (C=O) groups is 2. The maximum absolute atomic E-state index is 12.4. The highest BCUT2D eigenvalue weighted by Crippen LogP contribution is 2.13. The molecular weight excluding hydrogens is 500 g/mol. The molecule has 2 rings (SSSR count). The normalized spacial score (nSPS) is 13.5. The number of carbonyl (C=O) groups excluding carboxylic acids is 2. The van der Waals surface area contributed by atoms with Crippen molar-refractivity contribution in [1.29, 1.82) is 0 Å². The first-order valence-electron chi connectivity index (χ1n) is 10.3. The molecule has 0 aromatic heterocycles. The number of aliphatic hydroxyl groups excluding tert-OH is 1. The highest BCUT2D eigenvalue weighted by Gasteiger charge is 2.26. The van der Waals surface area contributed by atoms with Gasteiger partial charge in [0, 0.05) is 11.6 Å². The Morgan fingerprint density at radius 3 is 2.23 bits per heavy atom. The Hall–Kier alpha value is -3.23. The Bertz CT molecular complexity index is 1140. The Morgan fingerprint density at radius 2 is 1.66 bits per heavy atom. The molecule has 14 heteroatoms. The van der Waals surface area contributed by atoms with E-state index in [-0.39, 0.29) is 12.5 Å². The molecule has 12 nitrogen and oxygen atoms in total. The van der Waals surface area contributed by atoms with Crippen LogP contribution in [-0.4, -0.2) is 55.2 Å². The Balaban J connectivity index is 1.88. The second-order valence-electron chi connectivity index (χ2n) is 7.46. The Morgan fingerprint density at radius 1 is 1.06 bits per heavy atom. The molecule has 0 bridgehead atoms. The number of nitrogens with one attached hydrogen (secondary N) is 4. The number of nitrogens with zero attached hydrogens (tertiary/aromatic N) is 1. The minimum Gasteiger partial charge on any atom is -0.394 e. The molecule has 0 unspecified atom stereocenters. The molecule has 0 aliphatic heterocycles. The van der Waals surface area contributed by atoms with Crippen molar-refractivity contribution < 1.29 is 28.3 Å². The number of hydrogen-bond acceptors (Lipinski definition) is 7. The number of halogens is 1. The summed E-state index contributed by atoms with van der Waals surface area (Å²) in [4.78, 5) is 28.7. The van der Waals surface area contributed by atoms with Gasteiger partial charge in [0.15, 0.2) is 0 Å². The molecular formula is C21H27ClN6O6S. The molecule has 2 aromatic carbocycles. The van der Waals surface area contributed by atoms with Gasteiger partial charge >= 0.3 is 0 Å². The zero-order valence-corrected chi connectivity index (χ0v) is 20.3. The van der Waals surface area contributed by atoms with Crippen LogP contribution in [0.25, 0.3) is 0 Å². The molecule has 0 spiro atoms. The molecule has 2 aromatic rings. The number of hydrogen-bond donors (Lipinski definition) is 7. The molecule has 2 atom stereocenters. The quantitative estimate of drug-likeness (QED) is 0.119. The molecule has 0 saturated heterocycles. The molecule has 190 valence electrons. The van der Waals surface area contributed by atoms with Crippen LogP contribution in [0, 0.1) is 0 Å². The van der Waals surface area contributed by atoms with Crippen molar-refractivity contribution >= 4 is 45.1 Å². The SMILES string of the molecule is C[C@@H](NC(=O)[C@H](CO)NS(=O)(=O)Cc1ccc(Cl)cc1)C(=O)NCc1ccc(N=C(N)NO)cc1. The summed E-state index contributed by atoms with van der Waals surface area (Å²) in [6.45, 7) is 0.769. The first-order valence-corrected chi connectivity index (χ1v) is 12.3. The minimum atomic E-state index is -3.97. The van der Waals surface area contributed by atoms with Crippen LogP contribution in [0.2, 0.25) is 5.02 Å². The molecule has 35 heavy (non-hydrogen) atoms. The fourth-order valence-electron chi connectivity index (χ4n) is 2.81. The number of rotatable bonds is 11. The first kappa shape index (κ1) is 28.0. The Kier molecular flexibility index (Phi) is 10.4. The monoisotopic (exact) mass is 526 g/mol. The van der Waals surface area contributed by atoms with Crippen molar-refractivity contribution in [2.75, 3.05) is 6.61 Å². The van der Waals surface area contributed by atoms with Crippen LogP contribution in [0.3, 0.4) is 0 Å². The fraction of sp³-hybridized carbons (Fsp3) is 0.286. The van der Waals surface area contributed by atoms with Crippen molar-refractivity contribution in [3.63, 3.8) is 0 Å². The first-order chi connectivity index (χ1) is 16.5. The lowest BCUT2D eigenvalue weighted by Crippen LogP contribution is -2.54. The van der Waals surface area contributed by atoms with Gasteiger partial charge in [0.2, 0.25) is 27.8 Å². The highest BCUT2D eigenvalue weighted by molar-refractivity contribution is 7.88. The summed E-state index contributed by atoms with van der Waals surface area (Å²) in [5.74, 6) is -1.97. The number of guanidine groups is 1. The van der Waals surface area contributed by atoms with Crippen molar-refractivity contribution in [1.82, 2.24) is 20.8 Å². The van der Waals surface area contributed by atoms with Gasteiger partial charge in [0.05, 0.1) is 18.0 Å². The van der Waals surface area contributed by atoms with Gasteiger partial charge in [-0.15, -0.1) is 0 Å². The van der Waals surface area contributed by atoms with Gasteiger partial charge in [-0.2, -0.15) is 0 Å². The second-order valence-corrected chi connectivity index (χ2v) is 9.65. The van der Waals surface area contributed by atoms with Crippen LogP contribution in [0.5, 0.6) is 0 Å². The van der Waals surface area contributed by atoms with Crippen molar-refractivity contribution in [3.05, 3.63) is 64.7 Å². The van der Waals surface area contributed by atoms with Crippen LogP contribution in [0.15, 0.2) is 53.5 Å². The second kappa shape index (κ2) is 13.0. The van der Waals surface area contributed by atoms with E-state index in [0.29, 0.717) is 16.3 Å². The molecule has 0 saturated carbocycles. The van der Waals surface area contributed by atoms with E-state index >= 15 is 0 Å². The van der Waals surface area contributed by atoms with Crippen LogP contribution in [0.1, 0.15) is 18.1 Å². The summed E-state index contributed by atoms with van der Waals surface area (Å²) >= 11 is 5.79. The van der Waals surface area contributed by atoms with E-state index in [9.17, 15) is 23.1 Å². The van der Waals surface area contributed by atoms with E-state index in [1.54, 1.807) is 29.7 Å². The standard InChI is InChI=1S/C21H27ClN6O6S/c1-13(19(30)24-10-14-4-8-17(9-5-14)26-21(23)27-32)25-20(31)18(11-29)28-35(33,34)12-15-2-6-16(22)7-3-15/h2-9,13,18,28-29,32H,10-12H2,1H3,(H,24,30)(H,25,31)(H3,23,26,27)/t13-,18+/m1/s1. The predicted octanol–water partition coefficient (Wildman–Crippen LogP) is -0.134. The van der Waals surface area contributed by atoms with E-state index in [0.717, 1.165) is 5.56 Å². The van der Waals surface area contributed by atoms with Crippen molar-refractivity contribution in [3.8, 4) is 0 Å². The van der Waals surface area contributed by atoms with Crippen LogP contribution in [0.4, 0.5) is 5.69 Å². The molecule has 0 aliphatic rings. The van der Waals surface area contributed by atoms with E-state index in [1.165, 1.54) is 31.2 Å². The van der Waals surface area contributed by atoms with Gasteiger partial charge in [-0.1, -0.05) is 35.9 Å². The number of benzene rings is 2. The molecule has 0 aliphatic carbocycles. The third-order valence-corrected chi connectivity index (χ3v) is 6.22. The zero-order chi connectivity index (χ0) is 26.0. The number of aliphatic imine (C=N–C) groups is 1. The van der Waals surface area contributed by atoms with Gasteiger partial charge in [0.25, 0.3) is 0 Å². The third-order valence-electron chi connectivity index (χ3n) is 4.61. The largest absolute Gasteiger partial charge is 0.394 e. The van der Waals surface area contributed by atoms with Crippen molar-refractivity contribution in [2.24, 2.45) is 10.7 Å². The molecule has 0 radical (unpaired) electrons. The van der Waals surface area contributed by atoms with Gasteiger partial charge in [-0.05, 0) is 42.3 Å². The van der Waals surface area contributed by atoms with Crippen molar-refractivity contribution in [2.45, 2.75) is 31.3 Å². The summed E-state index contributed by atoms with van der Waals surface area (Å²) < 4.78 is 26.9. The fourth-order valence-corrected chi connectivity index (χ4v) is 4.26. The lowest BCUT2D eigenvalue weighted by Gasteiger charge is -2.19. The Labute approximate surface area is 207 Å². The molecule has 2 amide bonds. The topological polar surface area (TPSA) is 195 Å². The average Bonchev–Trinajstić information content (AvgIpc) is 2.82. The van der Waals surface area contributed by atoms with E-state index in [1.807, 2.05) is 0 Å². The van der Waals surface area contributed by atoms with Gasteiger partial charge in [0.1, 0.15) is 12.1 Å². The zero-order valence-electron chi connectivity index (χ0n) is 18.7. The van der Waals surface area contributed by atoms with Crippen LogP contribution < -0.4 is 26.6 Å². The van der Waals surface area contributed by atoms with Crippen LogP contribution >= 0.6 is 11.6 Å². The highest BCUT2D eigenvalue weighted by atomic mass is 35.5. The van der Waals surface area contributed by atoms with E-state index < -0.39 is 46.3 Å². The number of aliphatic hydroxyl groups is 1. The third kappa shape index (κ3) is 9.50. The lowest BCUT2D eigenvalue weighted by atomic mass is 10.2. The van der Waals surface area contributed by atoms with Gasteiger partial charge in [-0.25, -0.2) is 23.6 Å². The number of sulfonamides is 1. The summed E-state index contributed by atoms with van der Waals surface area (Å²) in [7, 11) is -3.97. The van der Waals surface area contributed by atoms with Gasteiger partial charge < -0.3 is 21.5 Å². The summed E-state index contributed by atoms with van der Waals surface area (Å²) in [6.07, 6.45) is 0. The molecule has 0 heterocycles. The van der Waals surface area contributed by atoms with Crippen LogP contribution in [-0.2, 0) is 31.9 Å². The number of amides is 2. The maximum atomic E-state index is 12.4. The van der Waals surface area contributed by atoms with E-state index in [4.69, 9.17) is 22.5 Å². The van der Waals surface area contributed by atoms with Gasteiger partial charge in [-0.3, -0.25) is 14.8 Å². The van der Waals surface area contributed by atoms with E-state index in [2.05, 4.69) is 20.3 Å². The summed E-state index contributed by atoms with van der Waals surface area (Å²) in [5.41, 5.74) is 8.73. The smallest absolute Gasteiger partial charge is 0.242 e. The average molecular weight is 527 g/mol. The molecule has 8 N–H and O–H groups in total. The predicted molar refractivity (Wildman–Crippen MR) is 130 cm³/mol. The lowest BCUT2D eigenvalue weighted by molar-refractivity contribution is -0.130. The number of nitrogens with two attached hydrogens (primary N) is 1. The summed E-state index contributed by atoms with van der Waals surface area (Å²) in [5, 5.41) is 23.6. The maximum Gasteiger partial charge on any atom is 0.242 e.